The third-order valence-electron chi connectivity index (χ3n) is 0.899. The Morgan fingerprint density at radius 1 is 1.78 bits per heavy atom. The topological polar surface area (TPSA) is 37.3 Å². The normalized spacial score (nSPS) is 11.3. The molecule has 0 amide bonds. The van der Waals surface area contributed by atoms with Crippen LogP contribution in [-0.4, -0.2) is 17.5 Å². The van der Waals surface area contributed by atoms with Crippen molar-refractivity contribution in [3.63, 3.8) is 0 Å². The third-order valence-corrected chi connectivity index (χ3v) is 0.899. The molecule has 0 aliphatic heterocycles. The summed E-state index contributed by atoms with van der Waals surface area (Å²) in [6.07, 6.45) is 0.740. The van der Waals surface area contributed by atoms with Crippen LogP contribution in [0.4, 0.5) is 0 Å². The molecule has 0 bridgehead atoms. The molecule has 0 aliphatic rings. The van der Waals surface area contributed by atoms with E-state index in [-0.39, 0.29) is 0 Å². The summed E-state index contributed by atoms with van der Waals surface area (Å²) in [6.45, 7) is 1.73. The number of carbonyl (C=O) groups excluding carboxylic acids is 1. The van der Waals surface area contributed by atoms with Gasteiger partial charge < -0.3 is 9.90 Å². The Morgan fingerprint density at radius 3 is 2.89 bits per heavy atom. The molecule has 9 heavy (non-hydrogen) atoms. The van der Waals surface area contributed by atoms with Gasteiger partial charge in [0, 0.05) is 6.42 Å². The molecular formula is C7H10O2. The summed E-state index contributed by atoms with van der Waals surface area (Å²) in [6, 6.07) is 0. The SMILES string of the molecule is CC#CCCC(O)C=O. The predicted molar refractivity (Wildman–Crippen MR) is 34.8 cm³/mol. The highest BCUT2D eigenvalue weighted by Crippen LogP contribution is 1.90. The van der Waals surface area contributed by atoms with Crippen LogP contribution in [0.15, 0.2) is 0 Å². The second-order valence-electron chi connectivity index (χ2n) is 1.67. The molecule has 0 fully saturated rings. The lowest BCUT2D eigenvalue weighted by Gasteiger charge is -1.94. The van der Waals surface area contributed by atoms with Crippen molar-refractivity contribution in [1.82, 2.24) is 0 Å². The summed E-state index contributed by atoms with van der Waals surface area (Å²) in [5.41, 5.74) is 0. The first-order valence-corrected chi connectivity index (χ1v) is 2.84. The van der Waals surface area contributed by atoms with Gasteiger partial charge in [0.2, 0.25) is 0 Å². The molecule has 0 aromatic heterocycles. The highest BCUT2D eigenvalue weighted by molar-refractivity contribution is 5.55. The van der Waals surface area contributed by atoms with Crippen molar-refractivity contribution < 1.29 is 9.90 Å². The van der Waals surface area contributed by atoms with Crippen molar-refractivity contribution in [2.24, 2.45) is 0 Å². The van der Waals surface area contributed by atoms with Gasteiger partial charge in [-0.2, -0.15) is 0 Å². The van der Waals surface area contributed by atoms with Gasteiger partial charge in [0.05, 0.1) is 0 Å². The van der Waals surface area contributed by atoms with Gasteiger partial charge >= 0.3 is 0 Å². The Hall–Kier alpha value is -0.810. The van der Waals surface area contributed by atoms with Crippen LogP contribution in [0.2, 0.25) is 0 Å². The molecule has 0 aromatic carbocycles. The Labute approximate surface area is 54.9 Å². The molecule has 50 valence electrons. The van der Waals surface area contributed by atoms with Crippen molar-refractivity contribution >= 4 is 6.29 Å². The van der Waals surface area contributed by atoms with Gasteiger partial charge in [-0.1, -0.05) is 0 Å². The molecule has 0 saturated heterocycles. The van der Waals surface area contributed by atoms with E-state index in [2.05, 4.69) is 11.8 Å². The number of aliphatic hydroxyl groups is 1. The molecule has 0 rings (SSSR count). The van der Waals surface area contributed by atoms with E-state index in [4.69, 9.17) is 5.11 Å². The molecule has 0 saturated carbocycles. The second kappa shape index (κ2) is 5.33. The lowest BCUT2D eigenvalue weighted by molar-refractivity contribution is -0.115. The van der Waals surface area contributed by atoms with Gasteiger partial charge in [-0.05, 0) is 13.3 Å². The molecular weight excluding hydrogens is 116 g/mol. The zero-order valence-electron chi connectivity index (χ0n) is 5.42. The standard InChI is InChI=1S/C7H10O2/c1-2-3-4-5-7(9)6-8/h6-7,9H,4-5H2,1H3. The molecule has 0 aliphatic carbocycles. The zero-order valence-corrected chi connectivity index (χ0v) is 5.42. The van der Waals surface area contributed by atoms with E-state index >= 15 is 0 Å². The zero-order chi connectivity index (χ0) is 7.11. The van der Waals surface area contributed by atoms with Crippen LogP contribution < -0.4 is 0 Å². The summed E-state index contributed by atoms with van der Waals surface area (Å²) in [7, 11) is 0. The summed E-state index contributed by atoms with van der Waals surface area (Å²) in [4.78, 5) is 9.80. The minimum atomic E-state index is -0.828. The quantitative estimate of drug-likeness (QED) is 0.437. The monoisotopic (exact) mass is 126 g/mol. The molecule has 0 heterocycles. The Kier molecular flexibility index (Phi) is 4.85. The van der Waals surface area contributed by atoms with Crippen LogP contribution in [-0.2, 0) is 4.79 Å². The van der Waals surface area contributed by atoms with Gasteiger partial charge in [0.15, 0.2) is 0 Å². The average Bonchev–Trinajstić information content (AvgIpc) is 1.89. The lowest BCUT2D eigenvalue weighted by Crippen LogP contribution is -2.06. The Balaban J connectivity index is 3.23. The molecule has 2 heteroatoms. The van der Waals surface area contributed by atoms with Crippen LogP contribution in [0.3, 0.4) is 0 Å². The molecule has 1 N–H and O–H groups in total. The van der Waals surface area contributed by atoms with Crippen molar-refractivity contribution in [3.05, 3.63) is 0 Å². The fourth-order valence-electron chi connectivity index (χ4n) is 0.413. The fourth-order valence-corrected chi connectivity index (χ4v) is 0.413. The highest BCUT2D eigenvalue weighted by Gasteiger charge is 1.96. The third kappa shape index (κ3) is 5.05. The first-order valence-electron chi connectivity index (χ1n) is 2.84. The van der Waals surface area contributed by atoms with Crippen molar-refractivity contribution in [2.45, 2.75) is 25.9 Å². The van der Waals surface area contributed by atoms with Crippen LogP contribution >= 0.6 is 0 Å². The van der Waals surface area contributed by atoms with E-state index in [1.165, 1.54) is 0 Å². The first-order chi connectivity index (χ1) is 4.31. The minimum absolute atomic E-state index is 0.449. The number of hydrogen-bond acceptors (Lipinski definition) is 2. The van der Waals surface area contributed by atoms with Crippen LogP contribution in [0.5, 0.6) is 0 Å². The largest absolute Gasteiger partial charge is 0.386 e. The number of carbonyl (C=O) groups is 1. The Bertz CT molecular complexity index is 130. The van der Waals surface area contributed by atoms with E-state index in [9.17, 15) is 4.79 Å². The predicted octanol–water partition coefficient (Wildman–Crippen LogP) is 0.350. The highest BCUT2D eigenvalue weighted by atomic mass is 16.3. The summed E-state index contributed by atoms with van der Waals surface area (Å²) >= 11 is 0. The van der Waals surface area contributed by atoms with E-state index < -0.39 is 6.10 Å². The van der Waals surface area contributed by atoms with Gasteiger partial charge in [-0.15, -0.1) is 11.8 Å². The van der Waals surface area contributed by atoms with Gasteiger partial charge in [-0.25, -0.2) is 0 Å². The van der Waals surface area contributed by atoms with Gasteiger partial charge in [0.25, 0.3) is 0 Å². The van der Waals surface area contributed by atoms with Crippen molar-refractivity contribution in [3.8, 4) is 11.8 Å². The maximum atomic E-state index is 9.80. The molecule has 1 unspecified atom stereocenters. The van der Waals surface area contributed by atoms with Crippen molar-refractivity contribution in [1.29, 1.82) is 0 Å². The molecule has 0 aromatic rings. The Morgan fingerprint density at radius 2 is 2.44 bits per heavy atom. The number of hydrogen-bond donors (Lipinski definition) is 1. The molecule has 0 spiro atoms. The van der Waals surface area contributed by atoms with Crippen molar-refractivity contribution in [2.75, 3.05) is 0 Å². The van der Waals surface area contributed by atoms with Crippen LogP contribution in [0.1, 0.15) is 19.8 Å². The number of aldehydes is 1. The first kappa shape index (κ1) is 8.19. The van der Waals surface area contributed by atoms with Crippen LogP contribution in [0, 0.1) is 11.8 Å². The molecule has 1 atom stereocenters. The van der Waals surface area contributed by atoms with Gasteiger partial charge in [0.1, 0.15) is 12.4 Å². The summed E-state index contributed by atoms with van der Waals surface area (Å²) in [5.74, 6) is 5.41. The van der Waals surface area contributed by atoms with E-state index in [1.54, 1.807) is 6.92 Å². The maximum Gasteiger partial charge on any atom is 0.148 e. The molecule has 0 radical (unpaired) electrons. The fraction of sp³-hybridized carbons (Fsp3) is 0.571. The van der Waals surface area contributed by atoms with E-state index in [1.807, 2.05) is 0 Å². The number of rotatable bonds is 3. The average molecular weight is 126 g/mol. The van der Waals surface area contributed by atoms with E-state index in [0.29, 0.717) is 19.1 Å². The van der Waals surface area contributed by atoms with Crippen LogP contribution in [0.25, 0.3) is 0 Å². The van der Waals surface area contributed by atoms with E-state index in [0.717, 1.165) is 0 Å². The minimum Gasteiger partial charge on any atom is -0.386 e. The second-order valence-corrected chi connectivity index (χ2v) is 1.67. The van der Waals surface area contributed by atoms with Gasteiger partial charge in [-0.3, -0.25) is 0 Å². The summed E-state index contributed by atoms with van der Waals surface area (Å²) in [5, 5.41) is 8.65. The number of aliphatic hydroxyl groups excluding tert-OH is 1. The lowest BCUT2D eigenvalue weighted by atomic mass is 10.2. The molecule has 2 nitrogen and oxygen atoms in total. The maximum absolute atomic E-state index is 9.80. The summed E-state index contributed by atoms with van der Waals surface area (Å²) < 4.78 is 0. The smallest absolute Gasteiger partial charge is 0.148 e.